The Labute approximate surface area is 137 Å². The van der Waals surface area contributed by atoms with Gasteiger partial charge in [-0.05, 0) is 49.9 Å². The van der Waals surface area contributed by atoms with Crippen LogP contribution in [0.4, 0.5) is 11.4 Å². The van der Waals surface area contributed by atoms with Crippen molar-refractivity contribution in [3.8, 4) is 0 Å². The molecule has 2 fully saturated rings. The molecule has 1 aromatic rings. The maximum atomic E-state index is 12.5. The summed E-state index contributed by atoms with van der Waals surface area (Å²) in [7, 11) is 3.94. The molecule has 2 aliphatic carbocycles. The molecule has 2 saturated carbocycles. The maximum absolute atomic E-state index is 12.5. The first-order chi connectivity index (χ1) is 11.0. The van der Waals surface area contributed by atoms with Gasteiger partial charge in [0.2, 0.25) is 11.8 Å². The van der Waals surface area contributed by atoms with Crippen molar-refractivity contribution in [2.75, 3.05) is 24.3 Å². The lowest BCUT2D eigenvalue weighted by Gasteiger charge is -2.19. The van der Waals surface area contributed by atoms with E-state index in [9.17, 15) is 9.59 Å². The molecule has 5 nitrogen and oxygen atoms in total. The highest BCUT2D eigenvalue weighted by molar-refractivity contribution is 6.13. The molecule has 0 spiro atoms. The van der Waals surface area contributed by atoms with E-state index < -0.39 is 5.41 Å². The lowest BCUT2D eigenvalue weighted by atomic mass is 10.0. The molecule has 23 heavy (non-hydrogen) atoms. The van der Waals surface area contributed by atoms with Crippen molar-refractivity contribution in [3.63, 3.8) is 0 Å². The van der Waals surface area contributed by atoms with Crippen molar-refractivity contribution < 1.29 is 9.59 Å². The largest absolute Gasteiger partial charge is 0.378 e. The van der Waals surface area contributed by atoms with Gasteiger partial charge in [-0.1, -0.05) is 12.8 Å². The number of nitrogens with zero attached hydrogens (tertiary/aromatic N) is 1. The summed E-state index contributed by atoms with van der Waals surface area (Å²) in [6.07, 6.45) is 5.70. The van der Waals surface area contributed by atoms with E-state index in [1.807, 2.05) is 43.3 Å². The Bertz CT molecular complexity index is 585. The third kappa shape index (κ3) is 3.33. The van der Waals surface area contributed by atoms with Gasteiger partial charge in [0.25, 0.3) is 0 Å². The molecular weight excluding hydrogens is 290 g/mol. The normalized spacial score (nSPS) is 19.2. The molecule has 3 rings (SSSR count). The average Bonchev–Trinajstić information content (AvgIpc) is 3.20. The van der Waals surface area contributed by atoms with Gasteiger partial charge in [-0.3, -0.25) is 9.59 Å². The average molecular weight is 315 g/mol. The molecule has 0 unspecified atom stereocenters. The number of hydrogen-bond donors (Lipinski definition) is 2. The van der Waals surface area contributed by atoms with Gasteiger partial charge in [0.05, 0.1) is 0 Å². The fourth-order valence-electron chi connectivity index (χ4n) is 3.17. The first-order valence-corrected chi connectivity index (χ1v) is 8.41. The molecule has 0 atom stereocenters. The molecule has 0 radical (unpaired) electrons. The van der Waals surface area contributed by atoms with Gasteiger partial charge in [0.1, 0.15) is 5.41 Å². The lowest BCUT2D eigenvalue weighted by Crippen LogP contribution is -2.43. The molecular formula is C18H25N3O2. The molecule has 1 aromatic carbocycles. The van der Waals surface area contributed by atoms with Crippen LogP contribution in [-0.2, 0) is 9.59 Å². The Kier molecular flexibility index (Phi) is 4.28. The van der Waals surface area contributed by atoms with Gasteiger partial charge >= 0.3 is 0 Å². The van der Waals surface area contributed by atoms with E-state index in [0.717, 1.165) is 24.2 Å². The molecule has 124 valence electrons. The summed E-state index contributed by atoms with van der Waals surface area (Å²) < 4.78 is 0. The highest BCUT2D eigenvalue weighted by atomic mass is 16.2. The van der Waals surface area contributed by atoms with E-state index in [4.69, 9.17) is 0 Å². The van der Waals surface area contributed by atoms with Crippen molar-refractivity contribution in [1.82, 2.24) is 5.32 Å². The van der Waals surface area contributed by atoms with E-state index in [1.165, 1.54) is 12.8 Å². The summed E-state index contributed by atoms with van der Waals surface area (Å²) in [6, 6.07) is 7.91. The molecule has 0 heterocycles. The van der Waals surface area contributed by atoms with E-state index in [0.29, 0.717) is 12.8 Å². The predicted octanol–water partition coefficient (Wildman–Crippen LogP) is 2.53. The highest BCUT2D eigenvalue weighted by Crippen LogP contribution is 2.47. The van der Waals surface area contributed by atoms with Crippen molar-refractivity contribution >= 4 is 23.2 Å². The summed E-state index contributed by atoms with van der Waals surface area (Å²) in [5.41, 5.74) is 0.965. The van der Waals surface area contributed by atoms with Gasteiger partial charge < -0.3 is 15.5 Å². The highest BCUT2D eigenvalue weighted by Gasteiger charge is 2.56. The quantitative estimate of drug-likeness (QED) is 0.821. The standard InChI is InChI=1S/C18H25N3O2/c1-21(2)15-9-7-14(8-10-15)20-17(23)18(11-12-18)16(22)19-13-5-3-4-6-13/h7-10,13H,3-6,11-12H2,1-2H3,(H,19,22)(H,20,23). The third-order valence-corrected chi connectivity index (χ3v) is 4.95. The molecule has 0 saturated heterocycles. The second kappa shape index (κ2) is 6.22. The summed E-state index contributed by atoms with van der Waals surface area (Å²) in [5.74, 6) is -0.266. The zero-order valence-corrected chi connectivity index (χ0v) is 13.9. The number of nitrogens with one attached hydrogen (secondary N) is 2. The summed E-state index contributed by atoms with van der Waals surface area (Å²) >= 11 is 0. The molecule has 0 bridgehead atoms. The van der Waals surface area contributed by atoms with Crippen LogP contribution in [-0.4, -0.2) is 32.0 Å². The van der Waals surface area contributed by atoms with E-state index in [-0.39, 0.29) is 17.9 Å². The van der Waals surface area contributed by atoms with Crippen LogP contribution in [0.15, 0.2) is 24.3 Å². The molecule has 2 amide bonds. The first-order valence-electron chi connectivity index (χ1n) is 8.41. The minimum absolute atomic E-state index is 0.0909. The Hall–Kier alpha value is -2.04. The second-order valence-electron chi connectivity index (χ2n) is 6.93. The first kappa shape index (κ1) is 15.8. The monoisotopic (exact) mass is 315 g/mol. The second-order valence-corrected chi connectivity index (χ2v) is 6.93. The van der Waals surface area contributed by atoms with Crippen LogP contribution in [0.1, 0.15) is 38.5 Å². The number of carbonyl (C=O) groups is 2. The van der Waals surface area contributed by atoms with Crippen molar-refractivity contribution in [2.45, 2.75) is 44.6 Å². The lowest BCUT2D eigenvalue weighted by molar-refractivity contribution is -0.134. The van der Waals surface area contributed by atoms with Gasteiger partial charge in [-0.15, -0.1) is 0 Å². The predicted molar refractivity (Wildman–Crippen MR) is 91.5 cm³/mol. The van der Waals surface area contributed by atoms with Crippen LogP contribution < -0.4 is 15.5 Å². The van der Waals surface area contributed by atoms with Gasteiger partial charge in [-0.2, -0.15) is 0 Å². The van der Waals surface area contributed by atoms with Crippen molar-refractivity contribution in [2.24, 2.45) is 5.41 Å². The minimum atomic E-state index is -0.844. The van der Waals surface area contributed by atoms with Crippen LogP contribution in [0.25, 0.3) is 0 Å². The number of anilines is 2. The van der Waals surface area contributed by atoms with Crippen LogP contribution in [0.5, 0.6) is 0 Å². The summed E-state index contributed by atoms with van der Waals surface area (Å²) in [4.78, 5) is 27.0. The third-order valence-electron chi connectivity index (χ3n) is 4.95. The summed E-state index contributed by atoms with van der Waals surface area (Å²) in [6.45, 7) is 0. The number of benzene rings is 1. The fourth-order valence-corrected chi connectivity index (χ4v) is 3.17. The van der Waals surface area contributed by atoms with E-state index >= 15 is 0 Å². The van der Waals surface area contributed by atoms with Crippen LogP contribution in [0.2, 0.25) is 0 Å². The van der Waals surface area contributed by atoms with Gasteiger partial charge in [0.15, 0.2) is 0 Å². The topological polar surface area (TPSA) is 61.4 Å². The van der Waals surface area contributed by atoms with E-state index in [2.05, 4.69) is 10.6 Å². The van der Waals surface area contributed by atoms with Crippen molar-refractivity contribution in [3.05, 3.63) is 24.3 Å². The number of carbonyl (C=O) groups excluding carboxylic acids is 2. The van der Waals surface area contributed by atoms with Crippen LogP contribution in [0, 0.1) is 5.41 Å². The Morgan fingerprint density at radius 3 is 2.17 bits per heavy atom. The van der Waals surface area contributed by atoms with Gasteiger partial charge in [0, 0.05) is 31.5 Å². The zero-order valence-electron chi connectivity index (χ0n) is 13.9. The maximum Gasteiger partial charge on any atom is 0.240 e. The Morgan fingerprint density at radius 1 is 1.04 bits per heavy atom. The smallest absolute Gasteiger partial charge is 0.240 e. The Morgan fingerprint density at radius 2 is 1.65 bits per heavy atom. The van der Waals surface area contributed by atoms with Crippen LogP contribution in [0.3, 0.4) is 0 Å². The molecule has 2 aliphatic rings. The SMILES string of the molecule is CN(C)c1ccc(NC(=O)C2(C(=O)NC3CCCC3)CC2)cc1. The molecule has 0 aromatic heterocycles. The minimum Gasteiger partial charge on any atom is -0.378 e. The number of amides is 2. The number of hydrogen-bond acceptors (Lipinski definition) is 3. The summed E-state index contributed by atoms with van der Waals surface area (Å²) in [5, 5.41) is 5.96. The zero-order chi connectivity index (χ0) is 16.4. The van der Waals surface area contributed by atoms with Crippen LogP contribution >= 0.6 is 0 Å². The van der Waals surface area contributed by atoms with E-state index in [1.54, 1.807) is 0 Å². The molecule has 2 N–H and O–H groups in total. The van der Waals surface area contributed by atoms with Gasteiger partial charge in [-0.25, -0.2) is 0 Å². The molecule has 0 aliphatic heterocycles. The fraction of sp³-hybridized carbons (Fsp3) is 0.556. The Balaban J connectivity index is 1.61. The van der Waals surface area contributed by atoms with Crippen molar-refractivity contribution in [1.29, 1.82) is 0 Å². The number of rotatable bonds is 5. The molecule has 5 heteroatoms.